The van der Waals surface area contributed by atoms with Crippen LogP contribution in [0.5, 0.6) is 11.5 Å². The molecule has 1 aromatic heterocycles. The summed E-state index contributed by atoms with van der Waals surface area (Å²) < 4.78 is 34.5. The summed E-state index contributed by atoms with van der Waals surface area (Å²) in [7, 11) is 0. The van der Waals surface area contributed by atoms with Crippen LogP contribution in [0, 0.1) is 0 Å². The molecule has 0 fully saturated rings. The Morgan fingerprint density at radius 2 is 2.00 bits per heavy atom. The maximum atomic E-state index is 12.4. The monoisotopic (exact) mass is 295 g/mol. The predicted octanol–water partition coefficient (Wildman–Crippen LogP) is 3.16. The predicted molar refractivity (Wildman–Crippen MR) is 72.5 cm³/mol. The van der Waals surface area contributed by atoms with Gasteiger partial charge in [0.1, 0.15) is 17.6 Å². The van der Waals surface area contributed by atoms with Gasteiger partial charge >= 0.3 is 6.61 Å². The lowest BCUT2D eigenvalue weighted by Crippen LogP contribution is -2.08. The van der Waals surface area contributed by atoms with E-state index in [2.05, 4.69) is 9.72 Å². The summed E-state index contributed by atoms with van der Waals surface area (Å²) in [5.74, 6) is 0.433. The first-order valence-corrected chi connectivity index (χ1v) is 6.41. The van der Waals surface area contributed by atoms with Crippen molar-refractivity contribution in [1.82, 2.24) is 4.98 Å². The molecule has 0 radical (unpaired) electrons. The summed E-state index contributed by atoms with van der Waals surface area (Å²) in [5.41, 5.74) is 0.680. The molecule has 0 amide bonds. The minimum absolute atomic E-state index is 0.0678. The molecule has 4 nitrogen and oxygen atoms in total. The Balaban J connectivity index is 2.31. The SMILES string of the molecule is CCOc1cncc(C(O)c2ccccc2OC(F)F)c1. The van der Waals surface area contributed by atoms with Crippen molar-refractivity contribution >= 4 is 0 Å². The number of hydrogen-bond donors (Lipinski definition) is 1. The van der Waals surface area contributed by atoms with Crippen LogP contribution in [0.2, 0.25) is 0 Å². The average Bonchev–Trinajstić information content (AvgIpc) is 2.47. The van der Waals surface area contributed by atoms with Crippen LogP contribution >= 0.6 is 0 Å². The molecule has 0 spiro atoms. The molecule has 0 bridgehead atoms. The third-order valence-electron chi connectivity index (χ3n) is 2.79. The van der Waals surface area contributed by atoms with Crippen LogP contribution in [0.1, 0.15) is 24.2 Å². The number of nitrogens with zero attached hydrogens (tertiary/aromatic N) is 1. The second kappa shape index (κ2) is 6.99. The van der Waals surface area contributed by atoms with Crippen LogP contribution in [-0.4, -0.2) is 23.3 Å². The standard InChI is InChI=1S/C15H15F2NO3/c1-2-20-11-7-10(8-18-9-11)14(19)12-5-3-4-6-13(12)21-15(16)17/h3-9,14-15,19H,2H2,1H3. The summed E-state index contributed by atoms with van der Waals surface area (Å²) in [5, 5.41) is 10.4. The minimum atomic E-state index is -2.95. The van der Waals surface area contributed by atoms with E-state index < -0.39 is 12.7 Å². The number of aromatic nitrogens is 1. The van der Waals surface area contributed by atoms with E-state index in [0.29, 0.717) is 17.9 Å². The molecular formula is C15H15F2NO3. The molecule has 0 saturated heterocycles. The Hall–Kier alpha value is -2.21. The molecule has 0 aliphatic carbocycles. The number of benzene rings is 1. The fraction of sp³-hybridized carbons (Fsp3) is 0.267. The highest BCUT2D eigenvalue weighted by Crippen LogP contribution is 2.31. The van der Waals surface area contributed by atoms with Crippen LogP contribution in [0.25, 0.3) is 0 Å². The summed E-state index contributed by atoms with van der Waals surface area (Å²) >= 11 is 0. The number of para-hydroxylation sites is 1. The molecule has 112 valence electrons. The maximum Gasteiger partial charge on any atom is 0.387 e. The zero-order valence-corrected chi connectivity index (χ0v) is 11.4. The highest BCUT2D eigenvalue weighted by molar-refractivity contribution is 5.41. The first-order chi connectivity index (χ1) is 10.1. The summed E-state index contributed by atoms with van der Waals surface area (Å²) in [6.45, 7) is -0.660. The fourth-order valence-corrected chi connectivity index (χ4v) is 1.92. The molecule has 2 aromatic rings. The first kappa shape index (κ1) is 15.2. The molecule has 1 atom stereocenters. The number of rotatable bonds is 6. The molecule has 1 unspecified atom stereocenters. The first-order valence-electron chi connectivity index (χ1n) is 6.41. The molecule has 1 N–H and O–H groups in total. The number of alkyl halides is 2. The van der Waals surface area contributed by atoms with Gasteiger partial charge in [0, 0.05) is 17.3 Å². The number of pyridine rings is 1. The van der Waals surface area contributed by atoms with Crippen molar-refractivity contribution in [2.75, 3.05) is 6.61 Å². The van der Waals surface area contributed by atoms with Gasteiger partial charge in [-0.15, -0.1) is 0 Å². The van der Waals surface area contributed by atoms with E-state index in [1.807, 2.05) is 6.92 Å². The normalized spacial score (nSPS) is 12.2. The number of halogens is 2. The molecule has 0 aliphatic rings. The summed E-state index contributed by atoms with van der Waals surface area (Å²) in [6.07, 6.45) is 1.83. The summed E-state index contributed by atoms with van der Waals surface area (Å²) in [6, 6.07) is 7.71. The van der Waals surface area contributed by atoms with Gasteiger partial charge in [0.25, 0.3) is 0 Å². The van der Waals surface area contributed by atoms with Crippen molar-refractivity contribution in [3.8, 4) is 11.5 Å². The minimum Gasteiger partial charge on any atom is -0.492 e. The topological polar surface area (TPSA) is 51.6 Å². The smallest absolute Gasteiger partial charge is 0.387 e. The van der Waals surface area contributed by atoms with Crippen molar-refractivity contribution in [1.29, 1.82) is 0 Å². The van der Waals surface area contributed by atoms with E-state index in [1.165, 1.54) is 24.5 Å². The van der Waals surface area contributed by atoms with Gasteiger partial charge < -0.3 is 14.6 Å². The van der Waals surface area contributed by atoms with E-state index in [1.54, 1.807) is 18.2 Å². The zero-order valence-electron chi connectivity index (χ0n) is 11.4. The van der Waals surface area contributed by atoms with Gasteiger partial charge in [0.05, 0.1) is 12.8 Å². The maximum absolute atomic E-state index is 12.4. The third kappa shape index (κ3) is 3.88. The number of aliphatic hydroxyl groups excluding tert-OH is 1. The quantitative estimate of drug-likeness (QED) is 0.889. The zero-order chi connectivity index (χ0) is 15.2. The van der Waals surface area contributed by atoms with Gasteiger partial charge in [0.2, 0.25) is 0 Å². The lowest BCUT2D eigenvalue weighted by atomic mass is 10.0. The Bertz CT molecular complexity index is 593. The average molecular weight is 295 g/mol. The second-order valence-corrected chi connectivity index (χ2v) is 4.21. The van der Waals surface area contributed by atoms with E-state index in [9.17, 15) is 13.9 Å². The molecule has 6 heteroatoms. The van der Waals surface area contributed by atoms with Crippen molar-refractivity contribution < 1.29 is 23.4 Å². The Morgan fingerprint density at radius 3 is 2.71 bits per heavy atom. The van der Waals surface area contributed by atoms with Crippen molar-refractivity contribution in [3.05, 3.63) is 53.9 Å². The molecule has 0 aliphatic heterocycles. The highest BCUT2D eigenvalue weighted by Gasteiger charge is 2.18. The number of hydrogen-bond acceptors (Lipinski definition) is 4. The molecular weight excluding hydrogens is 280 g/mol. The fourth-order valence-electron chi connectivity index (χ4n) is 1.92. The van der Waals surface area contributed by atoms with E-state index in [-0.39, 0.29) is 11.3 Å². The largest absolute Gasteiger partial charge is 0.492 e. The highest BCUT2D eigenvalue weighted by atomic mass is 19.3. The van der Waals surface area contributed by atoms with E-state index in [0.717, 1.165) is 0 Å². The van der Waals surface area contributed by atoms with Gasteiger partial charge in [0.15, 0.2) is 0 Å². The lowest BCUT2D eigenvalue weighted by Gasteiger charge is -2.16. The van der Waals surface area contributed by atoms with Gasteiger partial charge in [-0.2, -0.15) is 8.78 Å². The van der Waals surface area contributed by atoms with Crippen LogP contribution in [0.3, 0.4) is 0 Å². The molecule has 1 aromatic carbocycles. The van der Waals surface area contributed by atoms with Crippen molar-refractivity contribution in [2.45, 2.75) is 19.6 Å². The molecule has 2 rings (SSSR count). The number of ether oxygens (including phenoxy) is 2. The lowest BCUT2D eigenvalue weighted by molar-refractivity contribution is -0.0512. The van der Waals surface area contributed by atoms with E-state index in [4.69, 9.17) is 4.74 Å². The second-order valence-electron chi connectivity index (χ2n) is 4.21. The third-order valence-corrected chi connectivity index (χ3v) is 2.79. The Labute approximate surface area is 121 Å². The molecule has 21 heavy (non-hydrogen) atoms. The van der Waals surface area contributed by atoms with Gasteiger partial charge in [-0.25, -0.2) is 0 Å². The van der Waals surface area contributed by atoms with Crippen molar-refractivity contribution in [2.24, 2.45) is 0 Å². The molecule has 0 saturated carbocycles. The van der Waals surface area contributed by atoms with Gasteiger partial charge in [-0.05, 0) is 19.1 Å². The van der Waals surface area contributed by atoms with Crippen LogP contribution in [-0.2, 0) is 0 Å². The summed E-state index contributed by atoms with van der Waals surface area (Å²) in [4.78, 5) is 3.97. The van der Waals surface area contributed by atoms with Gasteiger partial charge in [-0.1, -0.05) is 18.2 Å². The van der Waals surface area contributed by atoms with E-state index >= 15 is 0 Å². The van der Waals surface area contributed by atoms with Crippen molar-refractivity contribution in [3.63, 3.8) is 0 Å². The molecule has 1 heterocycles. The van der Waals surface area contributed by atoms with Gasteiger partial charge in [-0.3, -0.25) is 4.98 Å². The number of aliphatic hydroxyl groups is 1. The van der Waals surface area contributed by atoms with Crippen LogP contribution < -0.4 is 9.47 Å². The van der Waals surface area contributed by atoms with Crippen LogP contribution in [0.4, 0.5) is 8.78 Å². The Kier molecular flexibility index (Phi) is 5.05. The van der Waals surface area contributed by atoms with Crippen LogP contribution in [0.15, 0.2) is 42.7 Å². The Morgan fingerprint density at radius 1 is 1.24 bits per heavy atom.